The van der Waals surface area contributed by atoms with Crippen molar-refractivity contribution in [2.45, 2.75) is 38.7 Å². The standard InChI is InChI=1S/C13H18BrNO2/c1-7-8-4-2-3-5-9(8)12(14)13(17)11(7)10(16)6-15/h10,16-17H,2-6,15H2,1H3. The highest BCUT2D eigenvalue weighted by molar-refractivity contribution is 9.10. The number of hydrogen-bond donors (Lipinski definition) is 3. The first-order chi connectivity index (χ1) is 8.07. The van der Waals surface area contributed by atoms with Gasteiger partial charge >= 0.3 is 0 Å². The van der Waals surface area contributed by atoms with Gasteiger partial charge in [-0.2, -0.15) is 0 Å². The van der Waals surface area contributed by atoms with Gasteiger partial charge in [0.05, 0.1) is 10.6 Å². The molecule has 0 spiro atoms. The van der Waals surface area contributed by atoms with Crippen LogP contribution in [0.15, 0.2) is 4.47 Å². The Labute approximate surface area is 110 Å². The number of halogens is 1. The summed E-state index contributed by atoms with van der Waals surface area (Å²) in [7, 11) is 0. The molecule has 0 bridgehead atoms. The molecule has 1 atom stereocenters. The van der Waals surface area contributed by atoms with Crippen LogP contribution in [0.5, 0.6) is 5.75 Å². The molecule has 1 aromatic rings. The molecule has 0 saturated carbocycles. The Balaban J connectivity index is 2.65. The third-order valence-electron chi connectivity index (χ3n) is 3.61. The van der Waals surface area contributed by atoms with E-state index < -0.39 is 6.10 Å². The van der Waals surface area contributed by atoms with E-state index in [0.717, 1.165) is 29.3 Å². The minimum atomic E-state index is -0.793. The summed E-state index contributed by atoms with van der Waals surface area (Å²) < 4.78 is 0.736. The van der Waals surface area contributed by atoms with E-state index >= 15 is 0 Å². The number of benzene rings is 1. The second-order valence-electron chi connectivity index (χ2n) is 4.62. The normalized spacial score (nSPS) is 16.7. The molecular weight excluding hydrogens is 282 g/mol. The van der Waals surface area contributed by atoms with Gasteiger partial charge in [-0.15, -0.1) is 0 Å². The number of aliphatic hydroxyl groups is 1. The lowest BCUT2D eigenvalue weighted by molar-refractivity contribution is 0.181. The Hall–Kier alpha value is -0.580. The van der Waals surface area contributed by atoms with Gasteiger partial charge in [0.2, 0.25) is 0 Å². The van der Waals surface area contributed by atoms with Gasteiger partial charge in [0.25, 0.3) is 0 Å². The Bertz CT molecular complexity index is 446. The molecule has 0 heterocycles. The zero-order valence-electron chi connectivity index (χ0n) is 9.96. The van der Waals surface area contributed by atoms with Crippen LogP contribution < -0.4 is 5.73 Å². The summed E-state index contributed by atoms with van der Waals surface area (Å²) in [5, 5.41) is 20.1. The summed E-state index contributed by atoms with van der Waals surface area (Å²) >= 11 is 3.45. The second kappa shape index (κ2) is 4.96. The Morgan fingerprint density at radius 3 is 2.47 bits per heavy atom. The van der Waals surface area contributed by atoms with Crippen molar-refractivity contribution < 1.29 is 10.2 Å². The number of phenolic OH excluding ortho intramolecular Hbond substituents is 1. The maximum atomic E-state index is 10.2. The van der Waals surface area contributed by atoms with Crippen molar-refractivity contribution in [1.29, 1.82) is 0 Å². The van der Waals surface area contributed by atoms with E-state index in [-0.39, 0.29) is 12.3 Å². The lowest BCUT2D eigenvalue weighted by Gasteiger charge is -2.25. The van der Waals surface area contributed by atoms with Crippen molar-refractivity contribution in [2.24, 2.45) is 5.73 Å². The maximum Gasteiger partial charge on any atom is 0.136 e. The molecular formula is C13H18BrNO2. The zero-order chi connectivity index (χ0) is 12.6. The SMILES string of the molecule is Cc1c2c(c(Br)c(O)c1C(O)CN)CCCC2. The molecule has 2 rings (SSSR count). The Kier molecular flexibility index (Phi) is 3.76. The summed E-state index contributed by atoms with van der Waals surface area (Å²) in [6.45, 7) is 2.09. The van der Waals surface area contributed by atoms with E-state index in [4.69, 9.17) is 5.73 Å². The summed E-state index contributed by atoms with van der Waals surface area (Å²) in [6.07, 6.45) is 3.54. The first-order valence-corrected chi connectivity index (χ1v) is 6.78. The minimum absolute atomic E-state index is 0.125. The average Bonchev–Trinajstić information content (AvgIpc) is 2.36. The van der Waals surface area contributed by atoms with Gasteiger partial charge < -0.3 is 15.9 Å². The molecule has 1 unspecified atom stereocenters. The van der Waals surface area contributed by atoms with Crippen LogP contribution in [0.25, 0.3) is 0 Å². The minimum Gasteiger partial charge on any atom is -0.506 e. The van der Waals surface area contributed by atoms with E-state index in [1.54, 1.807) is 0 Å². The van der Waals surface area contributed by atoms with Crippen LogP contribution in [0.2, 0.25) is 0 Å². The molecule has 1 aliphatic carbocycles. The molecule has 17 heavy (non-hydrogen) atoms. The summed E-state index contributed by atoms with van der Waals surface area (Å²) in [6, 6.07) is 0. The van der Waals surface area contributed by atoms with Crippen LogP contribution in [0.1, 0.15) is 41.2 Å². The van der Waals surface area contributed by atoms with E-state index in [9.17, 15) is 10.2 Å². The predicted molar refractivity (Wildman–Crippen MR) is 71.2 cm³/mol. The third-order valence-corrected chi connectivity index (χ3v) is 4.46. The molecule has 0 fully saturated rings. The van der Waals surface area contributed by atoms with Crippen molar-refractivity contribution in [3.05, 3.63) is 26.7 Å². The third kappa shape index (κ3) is 2.09. The van der Waals surface area contributed by atoms with Gasteiger partial charge in [-0.05, 0) is 65.2 Å². The molecule has 3 nitrogen and oxygen atoms in total. The molecule has 0 aliphatic heterocycles. The summed E-state index contributed by atoms with van der Waals surface area (Å²) in [4.78, 5) is 0. The highest BCUT2D eigenvalue weighted by atomic mass is 79.9. The van der Waals surface area contributed by atoms with E-state index in [0.29, 0.717) is 5.56 Å². The summed E-state index contributed by atoms with van der Waals surface area (Å²) in [5.74, 6) is 0.154. The number of aromatic hydroxyl groups is 1. The van der Waals surface area contributed by atoms with Gasteiger partial charge in [0, 0.05) is 12.1 Å². The van der Waals surface area contributed by atoms with Crippen LogP contribution in [0.4, 0.5) is 0 Å². The van der Waals surface area contributed by atoms with Gasteiger partial charge in [-0.3, -0.25) is 0 Å². The molecule has 1 aromatic carbocycles. The number of hydrogen-bond acceptors (Lipinski definition) is 3. The first kappa shape index (κ1) is 12.9. The van der Waals surface area contributed by atoms with Crippen molar-refractivity contribution in [2.75, 3.05) is 6.54 Å². The van der Waals surface area contributed by atoms with Crippen LogP contribution in [0, 0.1) is 6.92 Å². The average molecular weight is 300 g/mol. The maximum absolute atomic E-state index is 10.2. The quantitative estimate of drug-likeness (QED) is 0.785. The lowest BCUT2D eigenvalue weighted by Crippen LogP contribution is -2.16. The molecule has 1 aliphatic rings. The second-order valence-corrected chi connectivity index (χ2v) is 5.41. The highest BCUT2D eigenvalue weighted by Crippen LogP contribution is 2.42. The smallest absolute Gasteiger partial charge is 0.136 e. The van der Waals surface area contributed by atoms with E-state index in [1.807, 2.05) is 6.92 Å². The van der Waals surface area contributed by atoms with Gasteiger partial charge in [0.15, 0.2) is 0 Å². The Morgan fingerprint density at radius 2 is 1.88 bits per heavy atom. The number of nitrogens with two attached hydrogens (primary N) is 1. The van der Waals surface area contributed by atoms with Gasteiger partial charge in [-0.25, -0.2) is 0 Å². The molecule has 0 amide bonds. The predicted octanol–water partition coefficient (Wildman–Crippen LogP) is 2.33. The monoisotopic (exact) mass is 299 g/mol. The fraction of sp³-hybridized carbons (Fsp3) is 0.538. The van der Waals surface area contributed by atoms with Crippen LogP contribution in [-0.2, 0) is 12.8 Å². The van der Waals surface area contributed by atoms with Crippen molar-refractivity contribution >= 4 is 15.9 Å². The van der Waals surface area contributed by atoms with Crippen LogP contribution >= 0.6 is 15.9 Å². The zero-order valence-corrected chi connectivity index (χ0v) is 11.5. The lowest BCUT2D eigenvalue weighted by atomic mass is 9.84. The topological polar surface area (TPSA) is 66.5 Å². The molecule has 0 aromatic heterocycles. The molecule has 4 heteroatoms. The van der Waals surface area contributed by atoms with E-state index in [1.165, 1.54) is 17.5 Å². The molecule has 0 radical (unpaired) electrons. The molecule has 94 valence electrons. The highest BCUT2D eigenvalue weighted by Gasteiger charge is 2.24. The summed E-state index contributed by atoms with van der Waals surface area (Å²) in [5.41, 5.74) is 9.53. The Morgan fingerprint density at radius 1 is 1.29 bits per heavy atom. The van der Waals surface area contributed by atoms with E-state index in [2.05, 4.69) is 15.9 Å². The number of aliphatic hydroxyl groups excluding tert-OH is 1. The van der Waals surface area contributed by atoms with Crippen molar-refractivity contribution in [1.82, 2.24) is 0 Å². The number of fused-ring (bicyclic) bond motifs is 1. The van der Waals surface area contributed by atoms with Crippen molar-refractivity contribution in [3.8, 4) is 5.75 Å². The number of phenols is 1. The van der Waals surface area contributed by atoms with Gasteiger partial charge in [-0.1, -0.05) is 0 Å². The largest absolute Gasteiger partial charge is 0.506 e. The van der Waals surface area contributed by atoms with Gasteiger partial charge in [0.1, 0.15) is 5.75 Å². The number of rotatable bonds is 2. The fourth-order valence-corrected chi connectivity index (χ4v) is 3.34. The van der Waals surface area contributed by atoms with Crippen LogP contribution in [0.3, 0.4) is 0 Å². The first-order valence-electron chi connectivity index (χ1n) is 5.98. The fourth-order valence-electron chi connectivity index (χ4n) is 2.69. The molecule has 4 N–H and O–H groups in total. The molecule has 0 saturated heterocycles. The van der Waals surface area contributed by atoms with Crippen molar-refractivity contribution in [3.63, 3.8) is 0 Å². The van der Waals surface area contributed by atoms with Crippen LogP contribution in [-0.4, -0.2) is 16.8 Å².